The zero-order valence-electron chi connectivity index (χ0n) is 13.9. The highest BCUT2D eigenvalue weighted by Crippen LogP contribution is 2.44. The predicted octanol–water partition coefficient (Wildman–Crippen LogP) is 3.52. The molecule has 2 fully saturated rings. The number of hydrogen-bond donors (Lipinski definition) is 0. The molecule has 0 N–H and O–H groups in total. The highest BCUT2D eigenvalue weighted by molar-refractivity contribution is 6.33. The molecule has 25 heavy (non-hydrogen) atoms. The molecule has 0 aromatic heterocycles. The largest absolute Gasteiger partial charge is 0.332 e. The number of carbonyl (C=O) groups is 2. The summed E-state index contributed by atoms with van der Waals surface area (Å²) in [4.78, 5) is 32.3. The lowest BCUT2D eigenvalue weighted by Crippen LogP contribution is -2.48. The molecular weight excluding hydrogens is 340 g/mol. The molecule has 0 unspecified atom stereocenters. The third-order valence-corrected chi connectivity index (χ3v) is 5.61. The van der Waals surface area contributed by atoms with Crippen LogP contribution in [0.3, 0.4) is 0 Å². The summed E-state index contributed by atoms with van der Waals surface area (Å²) in [6.45, 7) is 9.11. The van der Waals surface area contributed by atoms with Crippen molar-refractivity contribution in [2.24, 2.45) is 0 Å². The highest BCUT2D eigenvalue weighted by atomic mass is 35.5. The SMILES string of the molecule is [C-]#[N+]CCN1C(=O)N(c2ccc(C#N)c(Cl)c2C)C(=O)C12CCCC2. The number of nitriles is 1. The number of halogens is 1. The number of imide groups is 1. The smallest absolute Gasteiger partial charge is 0.315 e. The second-order valence-corrected chi connectivity index (χ2v) is 6.76. The van der Waals surface area contributed by atoms with Crippen LogP contribution in [0.4, 0.5) is 10.5 Å². The first kappa shape index (κ1) is 17.3. The van der Waals surface area contributed by atoms with Crippen LogP contribution in [0.5, 0.6) is 0 Å². The Morgan fingerprint density at radius 2 is 2.04 bits per heavy atom. The Morgan fingerprint density at radius 3 is 2.64 bits per heavy atom. The molecule has 128 valence electrons. The first-order valence-electron chi connectivity index (χ1n) is 8.16. The van der Waals surface area contributed by atoms with E-state index in [1.54, 1.807) is 17.9 Å². The number of carbonyl (C=O) groups excluding carboxylic acids is 2. The van der Waals surface area contributed by atoms with Crippen LogP contribution in [0.15, 0.2) is 12.1 Å². The minimum atomic E-state index is -0.839. The summed E-state index contributed by atoms with van der Waals surface area (Å²) in [6.07, 6.45) is 3.01. The van der Waals surface area contributed by atoms with Crippen molar-refractivity contribution in [3.05, 3.63) is 39.7 Å². The number of hydrogen-bond acceptors (Lipinski definition) is 3. The van der Waals surface area contributed by atoms with Gasteiger partial charge in [-0.3, -0.25) is 4.79 Å². The van der Waals surface area contributed by atoms with Crippen molar-refractivity contribution < 1.29 is 9.59 Å². The fourth-order valence-electron chi connectivity index (χ4n) is 3.83. The molecule has 0 atom stereocenters. The average molecular weight is 357 g/mol. The molecule has 1 aromatic carbocycles. The van der Waals surface area contributed by atoms with Crippen molar-refractivity contribution in [3.8, 4) is 6.07 Å². The molecule has 0 radical (unpaired) electrons. The molecular formula is C18H17ClN4O2. The molecule has 1 aromatic rings. The summed E-state index contributed by atoms with van der Waals surface area (Å²) in [6, 6.07) is 4.71. The predicted molar refractivity (Wildman–Crippen MR) is 93.2 cm³/mol. The van der Waals surface area contributed by atoms with Crippen molar-refractivity contribution in [1.29, 1.82) is 5.26 Å². The quantitative estimate of drug-likeness (QED) is 0.614. The Balaban J connectivity index is 2.08. The van der Waals surface area contributed by atoms with Crippen LogP contribution in [0.1, 0.15) is 36.8 Å². The van der Waals surface area contributed by atoms with Gasteiger partial charge in [0.05, 0.1) is 22.8 Å². The zero-order valence-corrected chi connectivity index (χ0v) is 14.6. The molecule has 3 amide bonds. The Bertz CT molecular complexity index is 831. The van der Waals surface area contributed by atoms with E-state index in [0.717, 1.165) is 12.8 Å². The van der Waals surface area contributed by atoms with Crippen LogP contribution < -0.4 is 4.90 Å². The van der Waals surface area contributed by atoms with Gasteiger partial charge in [0.15, 0.2) is 0 Å². The van der Waals surface area contributed by atoms with Crippen LogP contribution in [-0.2, 0) is 4.79 Å². The molecule has 3 rings (SSSR count). The van der Waals surface area contributed by atoms with Gasteiger partial charge in [0.25, 0.3) is 5.91 Å². The van der Waals surface area contributed by atoms with E-state index in [4.69, 9.17) is 23.4 Å². The van der Waals surface area contributed by atoms with Gasteiger partial charge in [-0.1, -0.05) is 24.4 Å². The van der Waals surface area contributed by atoms with Gasteiger partial charge in [-0.25, -0.2) is 16.3 Å². The maximum absolute atomic E-state index is 13.2. The van der Waals surface area contributed by atoms with E-state index in [2.05, 4.69) is 4.85 Å². The first-order chi connectivity index (χ1) is 12.0. The molecule has 1 saturated heterocycles. The van der Waals surface area contributed by atoms with Crippen molar-refractivity contribution >= 4 is 29.2 Å². The summed E-state index contributed by atoms with van der Waals surface area (Å²) >= 11 is 6.22. The average Bonchev–Trinajstić information content (AvgIpc) is 3.16. The topological polar surface area (TPSA) is 68.8 Å². The Hall–Kier alpha value is -2.57. The van der Waals surface area contributed by atoms with E-state index in [1.807, 2.05) is 6.07 Å². The highest BCUT2D eigenvalue weighted by Gasteiger charge is 2.58. The molecule has 1 aliphatic heterocycles. The molecule has 7 heteroatoms. The van der Waals surface area contributed by atoms with Crippen molar-refractivity contribution in [2.75, 3.05) is 18.0 Å². The van der Waals surface area contributed by atoms with Gasteiger partial charge in [-0.15, -0.1) is 0 Å². The van der Waals surface area contributed by atoms with E-state index in [0.29, 0.717) is 29.7 Å². The number of nitrogens with zero attached hydrogens (tertiary/aromatic N) is 4. The second kappa shape index (κ2) is 6.38. The van der Waals surface area contributed by atoms with Crippen molar-refractivity contribution in [3.63, 3.8) is 0 Å². The van der Waals surface area contributed by atoms with Crippen LogP contribution in [0, 0.1) is 24.8 Å². The summed E-state index contributed by atoms with van der Waals surface area (Å²) in [5.74, 6) is -0.246. The van der Waals surface area contributed by atoms with Gasteiger partial charge in [0.2, 0.25) is 6.54 Å². The number of amides is 3. The molecule has 1 aliphatic carbocycles. The lowest BCUT2D eigenvalue weighted by Gasteiger charge is -2.29. The number of urea groups is 1. The van der Waals surface area contributed by atoms with Crippen LogP contribution in [0.25, 0.3) is 4.85 Å². The molecule has 6 nitrogen and oxygen atoms in total. The van der Waals surface area contributed by atoms with E-state index < -0.39 is 11.6 Å². The third-order valence-electron chi connectivity index (χ3n) is 5.13. The van der Waals surface area contributed by atoms with Gasteiger partial charge < -0.3 is 9.74 Å². The van der Waals surface area contributed by atoms with Crippen molar-refractivity contribution in [2.45, 2.75) is 38.1 Å². The molecule has 2 aliphatic rings. The molecule has 1 spiro atoms. The number of benzene rings is 1. The van der Waals surface area contributed by atoms with Gasteiger partial charge in [0, 0.05) is 0 Å². The number of rotatable bonds is 3. The van der Waals surface area contributed by atoms with Gasteiger partial charge >= 0.3 is 6.03 Å². The molecule has 0 bridgehead atoms. The van der Waals surface area contributed by atoms with Gasteiger partial charge in [-0.05, 0) is 37.5 Å². The van der Waals surface area contributed by atoms with Gasteiger partial charge in [0.1, 0.15) is 11.6 Å². The maximum atomic E-state index is 13.2. The minimum absolute atomic E-state index is 0.168. The van der Waals surface area contributed by atoms with Crippen LogP contribution in [0.2, 0.25) is 5.02 Å². The first-order valence-corrected chi connectivity index (χ1v) is 8.54. The zero-order chi connectivity index (χ0) is 18.2. The second-order valence-electron chi connectivity index (χ2n) is 6.38. The summed E-state index contributed by atoms with van der Waals surface area (Å²) in [5.41, 5.74) is 0.412. The van der Waals surface area contributed by atoms with Crippen molar-refractivity contribution in [1.82, 2.24) is 4.90 Å². The monoisotopic (exact) mass is 356 g/mol. The van der Waals surface area contributed by atoms with Crippen LogP contribution >= 0.6 is 11.6 Å². The Morgan fingerprint density at radius 1 is 1.36 bits per heavy atom. The van der Waals surface area contributed by atoms with E-state index >= 15 is 0 Å². The standard InChI is InChI=1S/C18H17ClN4O2/c1-12-14(6-5-13(11-20)15(12)19)23-16(24)18(7-3-4-8-18)22(17(23)25)10-9-21-2/h5-6H,3-4,7-10H2,1H3. The summed E-state index contributed by atoms with van der Waals surface area (Å²) in [7, 11) is 0. The minimum Gasteiger partial charge on any atom is -0.315 e. The number of anilines is 1. The Kier molecular flexibility index (Phi) is 4.41. The fraction of sp³-hybridized carbons (Fsp3) is 0.444. The lowest BCUT2D eigenvalue weighted by molar-refractivity contribution is -0.124. The fourth-order valence-corrected chi connectivity index (χ4v) is 4.04. The summed E-state index contributed by atoms with van der Waals surface area (Å²) < 4.78 is 0. The molecule has 1 heterocycles. The molecule has 1 saturated carbocycles. The maximum Gasteiger partial charge on any atom is 0.332 e. The van der Waals surface area contributed by atoms with Crippen LogP contribution in [-0.4, -0.2) is 35.5 Å². The van der Waals surface area contributed by atoms with Gasteiger partial charge in [-0.2, -0.15) is 5.26 Å². The summed E-state index contributed by atoms with van der Waals surface area (Å²) in [5, 5.41) is 9.34. The van der Waals surface area contributed by atoms with E-state index in [1.165, 1.54) is 11.0 Å². The van der Waals surface area contributed by atoms with E-state index in [9.17, 15) is 9.59 Å². The lowest BCUT2D eigenvalue weighted by atomic mass is 9.95. The third kappa shape index (κ3) is 2.45. The normalized spacial score (nSPS) is 18.7. The van der Waals surface area contributed by atoms with E-state index in [-0.39, 0.29) is 24.0 Å². The Labute approximate surface area is 151 Å².